The van der Waals surface area contributed by atoms with E-state index in [0.717, 1.165) is 15.3 Å². The molecule has 0 N–H and O–H groups in total. The highest BCUT2D eigenvalue weighted by molar-refractivity contribution is 7.89. The van der Waals surface area contributed by atoms with Crippen LogP contribution in [0.2, 0.25) is 0 Å². The minimum Gasteiger partial charge on any atom is -0.292 e. The molecule has 22 heavy (non-hydrogen) atoms. The van der Waals surface area contributed by atoms with Crippen LogP contribution in [0.1, 0.15) is 0 Å². The van der Waals surface area contributed by atoms with Crippen LogP contribution in [-0.4, -0.2) is 56.5 Å². The Labute approximate surface area is 124 Å². The minimum atomic E-state index is -4.37. The van der Waals surface area contributed by atoms with Crippen molar-refractivity contribution in [3.05, 3.63) is 29.8 Å². The van der Waals surface area contributed by atoms with Gasteiger partial charge in [-0.15, -0.1) is 0 Å². The molecule has 124 valence electrons. The van der Waals surface area contributed by atoms with E-state index in [1.165, 1.54) is 0 Å². The van der Waals surface area contributed by atoms with Crippen molar-refractivity contribution in [2.24, 2.45) is 0 Å². The number of hydrogen-bond acceptors (Lipinski definition) is 3. The zero-order chi connectivity index (χ0) is 16.5. The van der Waals surface area contributed by atoms with Crippen LogP contribution in [0.15, 0.2) is 23.1 Å². The van der Waals surface area contributed by atoms with Gasteiger partial charge in [-0.2, -0.15) is 17.5 Å². The van der Waals surface area contributed by atoms with Crippen molar-refractivity contribution in [1.29, 1.82) is 0 Å². The van der Waals surface area contributed by atoms with Gasteiger partial charge in [0.25, 0.3) is 0 Å². The van der Waals surface area contributed by atoms with Crippen molar-refractivity contribution in [3.63, 3.8) is 0 Å². The van der Waals surface area contributed by atoms with Gasteiger partial charge in [0, 0.05) is 26.2 Å². The SMILES string of the molecule is O=S(=O)(c1cc(F)ccc1F)N1CCN(CC(F)(F)F)CC1. The summed E-state index contributed by atoms with van der Waals surface area (Å²) in [5.41, 5.74) is 0. The molecule has 1 fully saturated rings. The predicted octanol–water partition coefficient (Wildman–Crippen LogP) is 1.83. The number of benzene rings is 1. The molecule has 0 bridgehead atoms. The number of halogens is 5. The van der Waals surface area contributed by atoms with Gasteiger partial charge in [0.1, 0.15) is 16.5 Å². The minimum absolute atomic E-state index is 0.129. The van der Waals surface area contributed by atoms with E-state index in [-0.39, 0.29) is 26.2 Å². The molecule has 4 nitrogen and oxygen atoms in total. The lowest BCUT2D eigenvalue weighted by Gasteiger charge is -2.34. The number of rotatable bonds is 3. The summed E-state index contributed by atoms with van der Waals surface area (Å²) in [7, 11) is -4.27. The maximum atomic E-state index is 13.6. The summed E-state index contributed by atoms with van der Waals surface area (Å²) in [6.45, 7) is -1.82. The van der Waals surface area contributed by atoms with Crippen molar-refractivity contribution in [2.45, 2.75) is 11.1 Å². The molecule has 0 aliphatic carbocycles. The van der Waals surface area contributed by atoms with E-state index in [1.807, 2.05) is 0 Å². The first-order valence-electron chi connectivity index (χ1n) is 6.34. The Morgan fingerprint density at radius 3 is 2.18 bits per heavy atom. The van der Waals surface area contributed by atoms with Crippen molar-refractivity contribution < 1.29 is 30.4 Å². The zero-order valence-electron chi connectivity index (χ0n) is 11.3. The fraction of sp³-hybridized carbons (Fsp3) is 0.500. The van der Waals surface area contributed by atoms with Gasteiger partial charge in [-0.25, -0.2) is 17.2 Å². The Bertz CT molecular complexity index is 639. The average molecular weight is 344 g/mol. The molecule has 0 saturated carbocycles. The highest BCUT2D eigenvalue weighted by Crippen LogP contribution is 2.23. The second kappa shape index (κ2) is 6.09. The van der Waals surface area contributed by atoms with Gasteiger partial charge >= 0.3 is 6.18 Å². The smallest absolute Gasteiger partial charge is 0.292 e. The molecular weight excluding hydrogens is 331 g/mol. The topological polar surface area (TPSA) is 40.6 Å². The molecule has 1 aliphatic heterocycles. The van der Waals surface area contributed by atoms with Crippen LogP contribution < -0.4 is 0 Å². The number of alkyl halides is 3. The second-order valence-corrected chi connectivity index (χ2v) is 6.78. The van der Waals surface area contributed by atoms with Gasteiger partial charge in [-0.3, -0.25) is 4.90 Å². The molecule has 0 atom stereocenters. The summed E-state index contributed by atoms with van der Waals surface area (Å²) in [6, 6.07) is 2.05. The van der Waals surface area contributed by atoms with Gasteiger partial charge in [0.15, 0.2) is 0 Å². The Hall–Kier alpha value is -1.26. The molecule has 1 saturated heterocycles. The third kappa shape index (κ3) is 3.93. The van der Waals surface area contributed by atoms with E-state index in [1.54, 1.807) is 0 Å². The van der Waals surface area contributed by atoms with E-state index in [0.29, 0.717) is 12.1 Å². The van der Waals surface area contributed by atoms with Gasteiger partial charge in [-0.05, 0) is 18.2 Å². The van der Waals surface area contributed by atoms with Crippen LogP contribution >= 0.6 is 0 Å². The highest BCUT2D eigenvalue weighted by atomic mass is 32.2. The van der Waals surface area contributed by atoms with Crippen molar-refractivity contribution in [2.75, 3.05) is 32.7 Å². The number of piperazine rings is 1. The molecule has 0 radical (unpaired) electrons. The third-order valence-corrected chi connectivity index (χ3v) is 5.16. The molecular formula is C12H13F5N2O2S. The molecule has 2 rings (SSSR count). The summed E-state index contributed by atoms with van der Waals surface area (Å²) < 4.78 is 88.8. The molecule has 0 aromatic heterocycles. The van der Waals surface area contributed by atoms with E-state index in [4.69, 9.17) is 0 Å². The zero-order valence-corrected chi connectivity index (χ0v) is 12.1. The first kappa shape index (κ1) is 17.1. The van der Waals surface area contributed by atoms with Gasteiger partial charge < -0.3 is 0 Å². The predicted molar refractivity (Wildman–Crippen MR) is 67.6 cm³/mol. The molecule has 1 aliphatic rings. The van der Waals surface area contributed by atoms with E-state index in [2.05, 4.69) is 0 Å². The highest BCUT2D eigenvalue weighted by Gasteiger charge is 2.35. The summed E-state index contributed by atoms with van der Waals surface area (Å²) in [4.78, 5) is 0.255. The quantitative estimate of drug-likeness (QED) is 0.786. The average Bonchev–Trinajstić information content (AvgIpc) is 2.40. The lowest BCUT2D eigenvalue weighted by molar-refractivity contribution is -0.148. The van der Waals surface area contributed by atoms with E-state index >= 15 is 0 Å². The third-order valence-electron chi connectivity index (χ3n) is 3.25. The van der Waals surface area contributed by atoms with E-state index in [9.17, 15) is 30.4 Å². The largest absolute Gasteiger partial charge is 0.401 e. The van der Waals surface area contributed by atoms with Crippen LogP contribution in [0.3, 0.4) is 0 Å². The van der Waals surface area contributed by atoms with Gasteiger partial charge in [0.2, 0.25) is 10.0 Å². The first-order valence-corrected chi connectivity index (χ1v) is 7.78. The summed E-state index contributed by atoms with van der Waals surface area (Å²) in [5, 5.41) is 0. The first-order chi connectivity index (χ1) is 10.1. The molecule has 1 aromatic rings. The molecule has 1 heterocycles. The molecule has 1 aromatic carbocycles. The van der Waals surface area contributed by atoms with Crippen LogP contribution in [-0.2, 0) is 10.0 Å². The summed E-state index contributed by atoms with van der Waals surface area (Å²) >= 11 is 0. The number of nitrogens with zero attached hydrogens (tertiary/aromatic N) is 2. The molecule has 0 spiro atoms. The molecule has 0 amide bonds. The van der Waals surface area contributed by atoms with Gasteiger partial charge in [-0.1, -0.05) is 0 Å². The summed E-state index contributed by atoms with van der Waals surface area (Å²) in [6.07, 6.45) is -4.37. The van der Waals surface area contributed by atoms with Crippen LogP contribution in [0.25, 0.3) is 0 Å². The maximum Gasteiger partial charge on any atom is 0.401 e. The fourth-order valence-electron chi connectivity index (χ4n) is 2.20. The molecule has 10 heteroatoms. The Morgan fingerprint density at radius 1 is 1.05 bits per heavy atom. The summed E-state index contributed by atoms with van der Waals surface area (Å²) in [5.74, 6) is -2.00. The normalized spacial score (nSPS) is 18.6. The van der Waals surface area contributed by atoms with Gasteiger partial charge in [0.05, 0.1) is 6.54 Å². The Morgan fingerprint density at radius 2 is 1.64 bits per heavy atom. The van der Waals surface area contributed by atoms with Crippen molar-refractivity contribution >= 4 is 10.0 Å². The van der Waals surface area contributed by atoms with Crippen molar-refractivity contribution in [1.82, 2.24) is 9.21 Å². The van der Waals surface area contributed by atoms with E-state index < -0.39 is 39.3 Å². The van der Waals surface area contributed by atoms with Crippen LogP contribution in [0.5, 0.6) is 0 Å². The second-order valence-electron chi connectivity index (χ2n) is 4.87. The van der Waals surface area contributed by atoms with Crippen LogP contribution in [0.4, 0.5) is 22.0 Å². The van der Waals surface area contributed by atoms with Crippen molar-refractivity contribution in [3.8, 4) is 0 Å². The lowest BCUT2D eigenvalue weighted by atomic mass is 10.3. The maximum absolute atomic E-state index is 13.6. The number of hydrogen-bond donors (Lipinski definition) is 0. The fourth-order valence-corrected chi connectivity index (χ4v) is 3.69. The van der Waals surface area contributed by atoms with Crippen LogP contribution in [0, 0.1) is 11.6 Å². The molecule has 0 unspecified atom stereocenters. The number of sulfonamides is 1. The Balaban J connectivity index is 2.11. The standard InChI is InChI=1S/C12H13F5N2O2S/c13-9-1-2-10(14)11(7-9)22(20,21)19-5-3-18(4-6-19)8-12(15,16)17/h1-2,7H,3-6,8H2. The monoisotopic (exact) mass is 344 g/mol. The lowest BCUT2D eigenvalue weighted by Crippen LogP contribution is -2.50. The Kier molecular flexibility index (Phi) is 4.73.